The third-order valence-corrected chi connectivity index (χ3v) is 5.00. The Kier molecular flexibility index (Phi) is 4.73. The normalized spacial score (nSPS) is 10.4. The van der Waals surface area contributed by atoms with E-state index in [1.165, 1.54) is 11.3 Å². The maximum Gasteiger partial charge on any atom is 0.289 e. The van der Waals surface area contributed by atoms with Gasteiger partial charge in [0.15, 0.2) is 0 Å². The molecule has 0 saturated carbocycles. The van der Waals surface area contributed by atoms with E-state index in [4.69, 9.17) is 0 Å². The molecule has 0 saturated heterocycles. The minimum Gasteiger partial charge on any atom is -0.267 e. The van der Waals surface area contributed by atoms with Crippen molar-refractivity contribution in [3.63, 3.8) is 0 Å². The van der Waals surface area contributed by atoms with E-state index in [1.54, 1.807) is 22.8 Å². The van der Waals surface area contributed by atoms with Crippen molar-refractivity contribution in [1.82, 2.24) is 15.8 Å². The number of amides is 2. The fraction of sp³-hybridized carbons (Fsp3) is 0.118. The number of thiophene rings is 1. The molecule has 2 N–H and O–H groups in total. The number of thiazole rings is 1. The summed E-state index contributed by atoms with van der Waals surface area (Å²) in [7, 11) is 0. The summed E-state index contributed by atoms with van der Waals surface area (Å²) in [6, 6.07) is 7.47. The summed E-state index contributed by atoms with van der Waals surface area (Å²) < 4.78 is 0. The van der Waals surface area contributed by atoms with Gasteiger partial charge in [-0.25, -0.2) is 4.98 Å². The molecule has 24 heavy (non-hydrogen) atoms. The zero-order chi connectivity index (χ0) is 17.1. The van der Waals surface area contributed by atoms with Crippen molar-refractivity contribution in [1.29, 1.82) is 0 Å². The quantitative estimate of drug-likeness (QED) is 0.704. The topological polar surface area (TPSA) is 71.1 Å². The number of hydrazine groups is 1. The van der Waals surface area contributed by atoms with Crippen LogP contribution < -0.4 is 10.9 Å². The van der Waals surface area contributed by atoms with Crippen molar-refractivity contribution in [2.24, 2.45) is 0 Å². The van der Waals surface area contributed by atoms with Crippen molar-refractivity contribution in [3.8, 4) is 10.6 Å². The van der Waals surface area contributed by atoms with E-state index in [9.17, 15) is 9.59 Å². The van der Waals surface area contributed by atoms with Crippen LogP contribution in [0.15, 0.2) is 40.4 Å². The molecule has 0 fully saturated rings. The maximum absolute atomic E-state index is 12.2. The summed E-state index contributed by atoms with van der Waals surface area (Å²) in [5.74, 6) is -0.792. The first-order valence-corrected chi connectivity index (χ1v) is 9.03. The molecule has 7 heteroatoms. The van der Waals surface area contributed by atoms with Gasteiger partial charge in [-0.15, -0.1) is 11.3 Å². The lowest BCUT2D eigenvalue weighted by molar-refractivity contribution is 0.0844. The Hall–Kier alpha value is -2.51. The van der Waals surface area contributed by atoms with Crippen LogP contribution in [0.25, 0.3) is 10.6 Å². The number of rotatable bonds is 3. The second-order valence-corrected chi connectivity index (χ2v) is 6.91. The van der Waals surface area contributed by atoms with Crippen LogP contribution in [0.4, 0.5) is 0 Å². The van der Waals surface area contributed by atoms with Crippen molar-refractivity contribution in [2.75, 3.05) is 0 Å². The highest BCUT2D eigenvalue weighted by atomic mass is 32.1. The van der Waals surface area contributed by atoms with Crippen molar-refractivity contribution >= 4 is 34.5 Å². The fourth-order valence-electron chi connectivity index (χ4n) is 2.21. The molecule has 0 aliphatic heterocycles. The summed E-state index contributed by atoms with van der Waals surface area (Å²) in [5.41, 5.74) is 8.57. The Labute approximate surface area is 147 Å². The highest BCUT2D eigenvalue weighted by molar-refractivity contribution is 7.14. The van der Waals surface area contributed by atoms with Gasteiger partial charge in [0.1, 0.15) is 10.7 Å². The number of carbonyl (C=O) groups excluding carboxylic acids is 2. The van der Waals surface area contributed by atoms with Crippen LogP contribution in [0, 0.1) is 13.8 Å². The van der Waals surface area contributed by atoms with Gasteiger partial charge in [0.2, 0.25) is 0 Å². The van der Waals surface area contributed by atoms with Gasteiger partial charge in [0.05, 0.1) is 0 Å². The molecule has 2 heterocycles. The zero-order valence-electron chi connectivity index (χ0n) is 13.1. The first kappa shape index (κ1) is 16.4. The van der Waals surface area contributed by atoms with Crippen LogP contribution in [0.2, 0.25) is 0 Å². The molecule has 0 bridgehead atoms. The minimum absolute atomic E-state index is 0.280. The molecule has 2 amide bonds. The third-order valence-electron chi connectivity index (χ3n) is 3.42. The van der Waals surface area contributed by atoms with Gasteiger partial charge in [0.25, 0.3) is 11.8 Å². The molecule has 3 rings (SSSR count). The average Bonchev–Trinajstić information content (AvgIpc) is 3.23. The second-order valence-electron chi connectivity index (χ2n) is 5.28. The van der Waals surface area contributed by atoms with Crippen LogP contribution in [-0.2, 0) is 0 Å². The van der Waals surface area contributed by atoms with E-state index >= 15 is 0 Å². The molecule has 122 valence electrons. The van der Waals surface area contributed by atoms with Gasteiger partial charge in [0, 0.05) is 21.9 Å². The van der Waals surface area contributed by atoms with Gasteiger partial charge in [-0.1, -0.05) is 17.7 Å². The number of hydrogen-bond acceptors (Lipinski definition) is 5. The lowest BCUT2D eigenvalue weighted by Gasteiger charge is -2.08. The largest absolute Gasteiger partial charge is 0.289 e. The highest BCUT2D eigenvalue weighted by Gasteiger charge is 2.14. The third kappa shape index (κ3) is 3.52. The first-order valence-electron chi connectivity index (χ1n) is 7.20. The van der Waals surface area contributed by atoms with Crippen LogP contribution in [0.1, 0.15) is 32.0 Å². The number of benzene rings is 1. The molecule has 0 aliphatic carbocycles. The molecule has 0 spiro atoms. The van der Waals surface area contributed by atoms with E-state index in [2.05, 4.69) is 15.8 Å². The number of nitrogens with zero attached hydrogens (tertiary/aromatic N) is 1. The summed E-state index contributed by atoms with van der Waals surface area (Å²) in [6.07, 6.45) is 0. The van der Waals surface area contributed by atoms with Crippen LogP contribution >= 0.6 is 22.7 Å². The SMILES string of the molecule is Cc1ccc(C(=O)NNC(=O)c2csc(-c3ccsc3)n2)c(C)c1. The molecule has 2 aromatic heterocycles. The van der Waals surface area contributed by atoms with Gasteiger partial charge in [-0.2, -0.15) is 11.3 Å². The highest BCUT2D eigenvalue weighted by Crippen LogP contribution is 2.25. The van der Waals surface area contributed by atoms with E-state index in [1.807, 2.05) is 42.8 Å². The summed E-state index contributed by atoms with van der Waals surface area (Å²) in [6.45, 7) is 3.82. The molecule has 0 atom stereocenters. The maximum atomic E-state index is 12.2. The van der Waals surface area contributed by atoms with Gasteiger partial charge in [-0.05, 0) is 36.9 Å². The molecular formula is C17H15N3O2S2. The number of carbonyl (C=O) groups is 2. The van der Waals surface area contributed by atoms with Crippen LogP contribution in [-0.4, -0.2) is 16.8 Å². The molecule has 3 aromatic rings. The molecule has 0 aliphatic rings. The lowest BCUT2D eigenvalue weighted by Crippen LogP contribution is -2.42. The summed E-state index contributed by atoms with van der Waals surface area (Å²) in [4.78, 5) is 28.6. The number of nitrogens with one attached hydrogen (secondary N) is 2. The van der Waals surface area contributed by atoms with Crippen molar-refractivity contribution in [3.05, 3.63) is 62.8 Å². The Balaban J connectivity index is 1.64. The molecule has 5 nitrogen and oxygen atoms in total. The van der Waals surface area contributed by atoms with Gasteiger partial charge >= 0.3 is 0 Å². The fourth-order valence-corrected chi connectivity index (χ4v) is 3.72. The predicted molar refractivity (Wildman–Crippen MR) is 96.3 cm³/mol. The number of aryl methyl sites for hydroxylation is 2. The van der Waals surface area contributed by atoms with Crippen LogP contribution in [0.5, 0.6) is 0 Å². The van der Waals surface area contributed by atoms with E-state index in [0.717, 1.165) is 21.7 Å². The second kappa shape index (κ2) is 6.94. The Bertz CT molecular complexity index is 885. The molecular weight excluding hydrogens is 342 g/mol. The standard InChI is InChI=1S/C17H15N3O2S2/c1-10-3-4-13(11(2)7-10)15(21)19-20-16(22)14-9-24-17(18-14)12-5-6-23-8-12/h3-9H,1-2H3,(H,19,21)(H,20,22). The summed E-state index contributed by atoms with van der Waals surface area (Å²) >= 11 is 2.97. The zero-order valence-corrected chi connectivity index (χ0v) is 14.8. The molecule has 0 unspecified atom stereocenters. The lowest BCUT2D eigenvalue weighted by atomic mass is 10.1. The molecule has 1 aromatic carbocycles. The Morgan fingerprint density at radius 1 is 1.04 bits per heavy atom. The predicted octanol–water partition coefficient (Wildman–Crippen LogP) is 3.56. The monoisotopic (exact) mass is 357 g/mol. The van der Waals surface area contributed by atoms with Crippen molar-refractivity contribution in [2.45, 2.75) is 13.8 Å². The van der Waals surface area contributed by atoms with E-state index in [0.29, 0.717) is 5.56 Å². The smallest absolute Gasteiger partial charge is 0.267 e. The Morgan fingerprint density at radius 3 is 2.54 bits per heavy atom. The number of hydrogen-bond donors (Lipinski definition) is 2. The van der Waals surface area contributed by atoms with Gasteiger partial charge in [-0.3, -0.25) is 20.4 Å². The summed E-state index contributed by atoms with van der Waals surface area (Å²) in [5, 5.41) is 6.39. The van der Waals surface area contributed by atoms with E-state index < -0.39 is 5.91 Å². The minimum atomic E-state index is -0.439. The average molecular weight is 357 g/mol. The van der Waals surface area contributed by atoms with Crippen LogP contribution in [0.3, 0.4) is 0 Å². The van der Waals surface area contributed by atoms with Crippen molar-refractivity contribution < 1.29 is 9.59 Å². The molecule has 0 radical (unpaired) electrons. The first-order chi connectivity index (χ1) is 11.5. The number of aromatic nitrogens is 1. The van der Waals surface area contributed by atoms with Gasteiger partial charge < -0.3 is 0 Å². The Morgan fingerprint density at radius 2 is 1.83 bits per heavy atom. The van der Waals surface area contributed by atoms with E-state index in [-0.39, 0.29) is 11.6 Å².